The maximum Gasteiger partial charge on any atom is 0.142 e. The van der Waals surface area contributed by atoms with Crippen molar-refractivity contribution in [3.63, 3.8) is 0 Å². The summed E-state index contributed by atoms with van der Waals surface area (Å²) in [6.45, 7) is 1.63. The zero-order valence-corrected chi connectivity index (χ0v) is 8.33. The van der Waals surface area contributed by atoms with Crippen LogP contribution >= 0.6 is 23.2 Å². The molecule has 2 N–H and O–H groups in total. The molecular weight excluding hydrogens is 214 g/mol. The number of rotatable bonds is 1. The summed E-state index contributed by atoms with van der Waals surface area (Å²) in [5.41, 5.74) is 0.909. The van der Waals surface area contributed by atoms with E-state index in [4.69, 9.17) is 29.0 Å². The van der Waals surface area contributed by atoms with Gasteiger partial charge in [-0.25, -0.2) is 4.39 Å². The third-order valence-electron chi connectivity index (χ3n) is 1.59. The smallest absolute Gasteiger partial charge is 0.142 e. The molecule has 0 atom stereocenters. The molecular formula is C8H7Cl2FN2. The number of benzene rings is 1. The topological polar surface area (TPSA) is 38.4 Å². The van der Waals surface area contributed by atoms with Gasteiger partial charge in [0.1, 0.15) is 5.82 Å². The largest absolute Gasteiger partial charge is 0.323 e. The van der Waals surface area contributed by atoms with Crippen molar-refractivity contribution in [2.75, 3.05) is 0 Å². The molecule has 0 saturated heterocycles. The molecule has 0 aliphatic rings. The molecule has 0 radical (unpaired) electrons. The summed E-state index contributed by atoms with van der Waals surface area (Å²) in [6.07, 6.45) is 0. The number of hydrazone groups is 1. The second-order valence-corrected chi connectivity index (χ2v) is 3.28. The SMILES string of the molecule is C/C(=N/N)c1cc(F)c(Cl)cc1Cl. The van der Waals surface area contributed by atoms with Crippen LogP contribution in [-0.2, 0) is 0 Å². The van der Waals surface area contributed by atoms with Crippen molar-refractivity contribution in [3.05, 3.63) is 33.6 Å². The van der Waals surface area contributed by atoms with Crippen molar-refractivity contribution >= 4 is 28.9 Å². The van der Waals surface area contributed by atoms with E-state index in [9.17, 15) is 4.39 Å². The molecule has 13 heavy (non-hydrogen) atoms. The highest BCUT2D eigenvalue weighted by Crippen LogP contribution is 2.24. The van der Waals surface area contributed by atoms with Crippen molar-refractivity contribution in [3.8, 4) is 0 Å². The fraction of sp³-hybridized carbons (Fsp3) is 0.125. The van der Waals surface area contributed by atoms with E-state index < -0.39 is 5.82 Å². The minimum absolute atomic E-state index is 0.0152. The van der Waals surface area contributed by atoms with Crippen LogP contribution < -0.4 is 5.84 Å². The summed E-state index contributed by atoms with van der Waals surface area (Å²) >= 11 is 11.3. The number of hydrogen-bond donors (Lipinski definition) is 1. The van der Waals surface area contributed by atoms with Crippen LogP contribution in [0, 0.1) is 5.82 Å². The van der Waals surface area contributed by atoms with Crippen molar-refractivity contribution in [2.24, 2.45) is 10.9 Å². The van der Waals surface area contributed by atoms with Gasteiger partial charge in [-0.15, -0.1) is 0 Å². The van der Waals surface area contributed by atoms with Crippen LogP contribution in [0.2, 0.25) is 10.0 Å². The third kappa shape index (κ3) is 2.11. The molecule has 0 spiro atoms. The minimum atomic E-state index is -0.538. The van der Waals surface area contributed by atoms with Gasteiger partial charge in [-0.05, 0) is 19.1 Å². The zero-order chi connectivity index (χ0) is 10.0. The summed E-state index contributed by atoms with van der Waals surface area (Å²) in [5.74, 6) is 4.50. The van der Waals surface area contributed by atoms with Gasteiger partial charge >= 0.3 is 0 Å². The minimum Gasteiger partial charge on any atom is -0.323 e. The van der Waals surface area contributed by atoms with Gasteiger partial charge in [0.05, 0.1) is 15.8 Å². The monoisotopic (exact) mass is 220 g/mol. The Bertz CT molecular complexity index is 363. The van der Waals surface area contributed by atoms with Crippen LogP contribution in [0.5, 0.6) is 0 Å². The molecule has 1 rings (SSSR count). The molecule has 0 aromatic heterocycles. The lowest BCUT2D eigenvalue weighted by Crippen LogP contribution is -2.00. The summed E-state index contributed by atoms with van der Waals surface area (Å²) in [6, 6.07) is 2.53. The summed E-state index contributed by atoms with van der Waals surface area (Å²) in [7, 11) is 0. The maximum atomic E-state index is 13.0. The van der Waals surface area contributed by atoms with Crippen molar-refractivity contribution in [1.82, 2.24) is 0 Å². The van der Waals surface area contributed by atoms with Gasteiger partial charge in [0.2, 0.25) is 0 Å². The van der Waals surface area contributed by atoms with Gasteiger partial charge in [0.15, 0.2) is 0 Å². The average Bonchev–Trinajstić information content (AvgIpc) is 2.10. The lowest BCUT2D eigenvalue weighted by atomic mass is 10.1. The Kier molecular flexibility index (Phi) is 3.12. The van der Waals surface area contributed by atoms with Crippen LogP contribution in [0.1, 0.15) is 12.5 Å². The van der Waals surface area contributed by atoms with Crippen molar-refractivity contribution in [2.45, 2.75) is 6.92 Å². The Morgan fingerprint density at radius 2 is 2.00 bits per heavy atom. The predicted molar refractivity (Wildman–Crippen MR) is 52.8 cm³/mol. The van der Waals surface area contributed by atoms with Crippen LogP contribution in [0.3, 0.4) is 0 Å². The van der Waals surface area contributed by atoms with Crippen LogP contribution in [0.25, 0.3) is 0 Å². The molecule has 0 saturated carbocycles. The van der Waals surface area contributed by atoms with Gasteiger partial charge < -0.3 is 5.84 Å². The molecule has 0 heterocycles. The normalized spacial score (nSPS) is 11.8. The molecule has 5 heteroatoms. The molecule has 1 aromatic rings. The predicted octanol–water partition coefficient (Wildman–Crippen LogP) is 2.82. The summed E-state index contributed by atoms with van der Waals surface area (Å²) < 4.78 is 13.0. The highest BCUT2D eigenvalue weighted by atomic mass is 35.5. The molecule has 0 fully saturated rings. The van der Waals surface area contributed by atoms with E-state index in [1.807, 2.05) is 0 Å². The highest BCUT2D eigenvalue weighted by Gasteiger charge is 2.08. The first-order valence-electron chi connectivity index (χ1n) is 3.45. The Morgan fingerprint density at radius 3 is 2.54 bits per heavy atom. The molecule has 0 amide bonds. The molecule has 1 aromatic carbocycles. The first-order chi connectivity index (χ1) is 6.06. The first kappa shape index (κ1) is 10.3. The third-order valence-corrected chi connectivity index (χ3v) is 2.20. The van der Waals surface area contributed by atoms with Crippen molar-refractivity contribution in [1.29, 1.82) is 0 Å². The van der Waals surface area contributed by atoms with E-state index in [1.54, 1.807) is 6.92 Å². The Balaban J connectivity index is 3.32. The average molecular weight is 221 g/mol. The fourth-order valence-corrected chi connectivity index (χ4v) is 1.39. The van der Waals surface area contributed by atoms with Crippen LogP contribution in [0.15, 0.2) is 17.2 Å². The highest BCUT2D eigenvalue weighted by molar-refractivity contribution is 6.37. The quantitative estimate of drug-likeness (QED) is 0.336. The summed E-state index contributed by atoms with van der Waals surface area (Å²) in [4.78, 5) is 0. The molecule has 0 aliphatic heterocycles. The zero-order valence-electron chi connectivity index (χ0n) is 6.81. The second-order valence-electron chi connectivity index (χ2n) is 2.46. The van der Waals surface area contributed by atoms with E-state index >= 15 is 0 Å². The van der Waals surface area contributed by atoms with Gasteiger partial charge in [-0.3, -0.25) is 0 Å². The van der Waals surface area contributed by atoms with Gasteiger partial charge in [-0.1, -0.05) is 23.2 Å². The van der Waals surface area contributed by atoms with E-state index in [0.717, 1.165) is 0 Å². The Morgan fingerprint density at radius 1 is 1.38 bits per heavy atom. The number of hydrogen-bond acceptors (Lipinski definition) is 2. The summed E-state index contributed by atoms with van der Waals surface area (Å²) in [5, 5.41) is 3.73. The van der Waals surface area contributed by atoms with Crippen LogP contribution in [-0.4, -0.2) is 5.71 Å². The maximum absolute atomic E-state index is 13.0. The molecule has 0 unspecified atom stereocenters. The van der Waals surface area contributed by atoms with E-state index in [1.165, 1.54) is 12.1 Å². The number of nitrogens with zero attached hydrogens (tertiary/aromatic N) is 1. The molecule has 70 valence electrons. The fourth-order valence-electron chi connectivity index (χ4n) is 0.869. The number of nitrogens with two attached hydrogens (primary N) is 1. The second kappa shape index (κ2) is 3.94. The van der Waals surface area contributed by atoms with Gasteiger partial charge in [0, 0.05) is 5.56 Å². The Hall–Kier alpha value is -0.800. The van der Waals surface area contributed by atoms with E-state index in [2.05, 4.69) is 5.10 Å². The lowest BCUT2D eigenvalue weighted by Gasteiger charge is -2.03. The van der Waals surface area contributed by atoms with Crippen LogP contribution in [0.4, 0.5) is 4.39 Å². The number of halogens is 3. The lowest BCUT2D eigenvalue weighted by molar-refractivity contribution is 0.628. The standard InChI is InChI=1S/C8H7Cl2FN2/c1-4(13-12)5-2-8(11)7(10)3-6(5)9/h2-3H,12H2,1H3/b13-4-. The first-order valence-corrected chi connectivity index (χ1v) is 4.21. The van der Waals surface area contributed by atoms with Gasteiger partial charge in [0.25, 0.3) is 0 Å². The molecule has 0 bridgehead atoms. The Labute approximate surface area is 85.1 Å². The van der Waals surface area contributed by atoms with E-state index in [0.29, 0.717) is 16.3 Å². The van der Waals surface area contributed by atoms with E-state index in [-0.39, 0.29) is 5.02 Å². The molecule has 2 nitrogen and oxygen atoms in total. The van der Waals surface area contributed by atoms with Crippen molar-refractivity contribution < 1.29 is 4.39 Å². The van der Waals surface area contributed by atoms with Gasteiger partial charge in [-0.2, -0.15) is 5.10 Å². The molecule has 0 aliphatic carbocycles.